The second-order valence-electron chi connectivity index (χ2n) is 4.25. The molecule has 1 unspecified atom stereocenters. The van der Waals surface area contributed by atoms with Crippen molar-refractivity contribution in [2.45, 2.75) is 6.10 Å². The number of halogens is 1. The molecule has 0 bridgehead atoms. The molecule has 2 heterocycles. The number of hydrogen-bond donors (Lipinski definition) is 1. The molecule has 1 atom stereocenters. The van der Waals surface area contributed by atoms with Gasteiger partial charge in [-0.1, -0.05) is 18.2 Å². The van der Waals surface area contributed by atoms with Gasteiger partial charge in [0, 0.05) is 28.4 Å². The first-order valence-electron chi connectivity index (χ1n) is 5.88. The van der Waals surface area contributed by atoms with Crippen molar-refractivity contribution in [2.75, 3.05) is 0 Å². The SMILES string of the molecule is OC(c1ccc(Br)cn1)c1cccc2cnccc12. The zero-order valence-corrected chi connectivity index (χ0v) is 11.6. The highest BCUT2D eigenvalue weighted by molar-refractivity contribution is 9.10. The maximum atomic E-state index is 10.5. The van der Waals surface area contributed by atoms with Gasteiger partial charge in [-0.15, -0.1) is 0 Å². The summed E-state index contributed by atoms with van der Waals surface area (Å²) in [6, 6.07) is 11.4. The predicted octanol–water partition coefficient (Wildman–Crippen LogP) is 3.47. The lowest BCUT2D eigenvalue weighted by Gasteiger charge is -2.13. The average Bonchev–Trinajstić information content (AvgIpc) is 2.47. The number of aliphatic hydroxyl groups is 1. The summed E-state index contributed by atoms with van der Waals surface area (Å²) in [6.07, 6.45) is 4.47. The summed E-state index contributed by atoms with van der Waals surface area (Å²) < 4.78 is 0.894. The zero-order valence-electron chi connectivity index (χ0n) is 9.99. The first-order valence-corrected chi connectivity index (χ1v) is 6.67. The van der Waals surface area contributed by atoms with E-state index in [-0.39, 0.29) is 0 Å². The molecule has 0 saturated carbocycles. The Bertz CT molecular complexity index is 707. The summed E-state index contributed by atoms with van der Waals surface area (Å²) in [5.74, 6) is 0. The van der Waals surface area contributed by atoms with E-state index in [2.05, 4.69) is 25.9 Å². The Labute approximate surface area is 119 Å². The summed E-state index contributed by atoms with van der Waals surface area (Å²) in [5.41, 5.74) is 1.47. The highest BCUT2D eigenvalue weighted by Gasteiger charge is 2.14. The molecule has 0 aliphatic carbocycles. The average molecular weight is 315 g/mol. The minimum Gasteiger partial charge on any atom is -0.382 e. The summed E-state index contributed by atoms with van der Waals surface area (Å²) in [7, 11) is 0. The predicted molar refractivity (Wildman–Crippen MR) is 77.7 cm³/mol. The van der Waals surface area contributed by atoms with Gasteiger partial charge >= 0.3 is 0 Å². The molecule has 0 aliphatic rings. The molecule has 0 saturated heterocycles. The molecule has 1 N–H and O–H groups in total. The van der Waals surface area contributed by atoms with Crippen LogP contribution in [0.2, 0.25) is 0 Å². The van der Waals surface area contributed by atoms with Gasteiger partial charge in [0.2, 0.25) is 0 Å². The third kappa shape index (κ3) is 2.37. The molecule has 3 nitrogen and oxygen atoms in total. The molecule has 4 heteroatoms. The Morgan fingerprint density at radius 2 is 1.95 bits per heavy atom. The third-order valence-corrected chi connectivity index (χ3v) is 3.51. The number of aromatic nitrogens is 2. The van der Waals surface area contributed by atoms with Crippen LogP contribution in [-0.4, -0.2) is 15.1 Å². The smallest absolute Gasteiger partial charge is 0.122 e. The van der Waals surface area contributed by atoms with E-state index in [4.69, 9.17) is 0 Å². The van der Waals surface area contributed by atoms with E-state index in [0.29, 0.717) is 5.69 Å². The monoisotopic (exact) mass is 314 g/mol. The fourth-order valence-electron chi connectivity index (χ4n) is 2.09. The van der Waals surface area contributed by atoms with E-state index in [1.165, 1.54) is 0 Å². The van der Waals surface area contributed by atoms with Crippen molar-refractivity contribution in [3.63, 3.8) is 0 Å². The number of aliphatic hydroxyl groups excluding tert-OH is 1. The fourth-order valence-corrected chi connectivity index (χ4v) is 2.33. The molecule has 94 valence electrons. The Morgan fingerprint density at radius 3 is 2.74 bits per heavy atom. The van der Waals surface area contributed by atoms with Crippen LogP contribution in [0.15, 0.2) is 59.5 Å². The van der Waals surface area contributed by atoms with Crippen LogP contribution < -0.4 is 0 Å². The molecule has 1 aromatic carbocycles. The van der Waals surface area contributed by atoms with Gasteiger partial charge in [0.15, 0.2) is 0 Å². The number of hydrogen-bond acceptors (Lipinski definition) is 3. The molecule has 0 fully saturated rings. The minimum atomic E-state index is -0.737. The lowest BCUT2D eigenvalue weighted by molar-refractivity contribution is 0.217. The van der Waals surface area contributed by atoms with Gasteiger partial charge in [0.1, 0.15) is 6.10 Å². The molecule has 3 rings (SSSR count). The van der Waals surface area contributed by atoms with Gasteiger partial charge < -0.3 is 5.11 Å². The normalized spacial score (nSPS) is 12.5. The highest BCUT2D eigenvalue weighted by Crippen LogP contribution is 2.27. The van der Waals surface area contributed by atoms with Crippen LogP contribution in [0.1, 0.15) is 17.4 Å². The quantitative estimate of drug-likeness (QED) is 0.787. The Kier molecular flexibility index (Phi) is 3.27. The summed E-state index contributed by atoms with van der Waals surface area (Å²) in [6.45, 7) is 0. The van der Waals surface area contributed by atoms with Gasteiger partial charge in [-0.05, 0) is 45.1 Å². The number of nitrogens with zero attached hydrogens (tertiary/aromatic N) is 2. The van der Waals surface area contributed by atoms with Crippen LogP contribution in [0, 0.1) is 0 Å². The Balaban J connectivity index is 2.11. The van der Waals surface area contributed by atoms with Crippen molar-refractivity contribution in [1.82, 2.24) is 9.97 Å². The van der Waals surface area contributed by atoms with E-state index in [1.54, 1.807) is 18.6 Å². The van der Waals surface area contributed by atoms with Crippen LogP contribution in [0.5, 0.6) is 0 Å². The molecule has 0 spiro atoms. The van der Waals surface area contributed by atoms with Gasteiger partial charge in [0.05, 0.1) is 5.69 Å². The number of fused-ring (bicyclic) bond motifs is 1. The van der Waals surface area contributed by atoms with Crippen LogP contribution in [0.3, 0.4) is 0 Å². The molecular weight excluding hydrogens is 304 g/mol. The van der Waals surface area contributed by atoms with Gasteiger partial charge in [-0.25, -0.2) is 0 Å². The van der Waals surface area contributed by atoms with E-state index in [0.717, 1.165) is 20.8 Å². The maximum Gasteiger partial charge on any atom is 0.122 e. The lowest BCUT2D eigenvalue weighted by Crippen LogP contribution is -2.02. The van der Waals surface area contributed by atoms with Crippen molar-refractivity contribution in [3.8, 4) is 0 Å². The van der Waals surface area contributed by atoms with E-state index >= 15 is 0 Å². The second-order valence-corrected chi connectivity index (χ2v) is 5.16. The van der Waals surface area contributed by atoms with Gasteiger partial charge in [-0.2, -0.15) is 0 Å². The summed E-state index contributed by atoms with van der Waals surface area (Å²) >= 11 is 3.34. The van der Waals surface area contributed by atoms with Crippen molar-refractivity contribution in [1.29, 1.82) is 0 Å². The van der Waals surface area contributed by atoms with Crippen molar-refractivity contribution in [3.05, 3.63) is 70.7 Å². The van der Waals surface area contributed by atoms with Crippen LogP contribution >= 0.6 is 15.9 Å². The van der Waals surface area contributed by atoms with Crippen molar-refractivity contribution < 1.29 is 5.11 Å². The molecular formula is C15H11BrN2O. The standard InChI is InChI=1S/C15H11BrN2O/c16-11-4-5-14(18-9-11)15(19)13-3-1-2-10-8-17-7-6-12(10)13/h1-9,15,19H. The van der Waals surface area contributed by atoms with Crippen molar-refractivity contribution >= 4 is 26.7 Å². The van der Waals surface area contributed by atoms with E-state index in [9.17, 15) is 5.11 Å². The van der Waals surface area contributed by atoms with Crippen LogP contribution in [-0.2, 0) is 0 Å². The van der Waals surface area contributed by atoms with Crippen LogP contribution in [0.25, 0.3) is 10.8 Å². The molecule has 0 radical (unpaired) electrons. The topological polar surface area (TPSA) is 46.0 Å². The minimum absolute atomic E-state index is 0.632. The van der Waals surface area contributed by atoms with Gasteiger partial charge in [-0.3, -0.25) is 9.97 Å². The van der Waals surface area contributed by atoms with Gasteiger partial charge in [0.25, 0.3) is 0 Å². The summed E-state index contributed by atoms with van der Waals surface area (Å²) in [4.78, 5) is 8.34. The number of pyridine rings is 2. The largest absolute Gasteiger partial charge is 0.382 e. The van der Waals surface area contributed by atoms with E-state index < -0.39 is 6.10 Å². The lowest BCUT2D eigenvalue weighted by atomic mass is 10.00. The Morgan fingerprint density at radius 1 is 1.05 bits per heavy atom. The first kappa shape index (κ1) is 12.3. The third-order valence-electron chi connectivity index (χ3n) is 3.04. The number of benzene rings is 1. The summed E-state index contributed by atoms with van der Waals surface area (Å²) in [5, 5.41) is 12.5. The number of rotatable bonds is 2. The molecule has 0 amide bonds. The second kappa shape index (κ2) is 5.07. The zero-order chi connectivity index (χ0) is 13.2. The van der Waals surface area contributed by atoms with Crippen LogP contribution in [0.4, 0.5) is 0 Å². The molecule has 19 heavy (non-hydrogen) atoms. The molecule has 3 aromatic rings. The maximum absolute atomic E-state index is 10.5. The molecule has 0 aliphatic heterocycles. The van der Waals surface area contributed by atoms with Crippen molar-refractivity contribution in [2.24, 2.45) is 0 Å². The molecule has 2 aromatic heterocycles. The Hall–Kier alpha value is -1.78. The fraction of sp³-hybridized carbons (Fsp3) is 0.0667. The van der Waals surface area contributed by atoms with E-state index in [1.807, 2.05) is 36.4 Å². The first-order chi connectivity index (χ1) is 9.25. The highest BCUT2D eigenvalue weighted by atomic mass is 79.9.